The first-order valence-corrected chi connectivity index (χ1v) is 8.86. The summed E-state index contributed by atoms with van der Waals surface area (Å²) >= 11 is 0. The summed E-state index contributed by atoms with van der Waals surface area (Å²) in [5.74, 6) is 1.63. The molecular weight excluding hydrogens is 331 g/mol. The zero-order valence-corrected chi connectivity index (χ0v) is 14.9. The highest BCUT2D eigenvalue weighted by Crippen LogP contribution is 2.46. The van der Waals surface area contributed by atoms with E-state index in [0.717, 1.165) is 36.0 Å². The van der Waals surface area contributed by atoms with Gasteiger partial charge in [-0.25, -0.2) is 4.39 Å². The van der Waals surface area contributed by atoms with Crippen molar-refractivity contribution in [2.45, 2.75) is 25.2 Å². The van der Waals surface area contributed by atoms with E-state index in [9.17, 15) is 9.18 Å². The largest absolute Gasteiger partial charge is 0.493 e. The fourth-order valence-corrected chi connectivity index (χ4v) is 4.29. The molecule has 0 spiro atoms. The molecule has 26 heavy (non-hydrogen) atoms. The second kappa shape index (κ2) is 6.60. The molecule has 0 amide bonds. The molecule has 0 saturated heterocycles. The van der Waals surface area contributed by atoms with E-state index in [1.54, 1.807) is 20.3 Å². The molecule has 0 bridgehead atoms. The minimum absolute atomic E-state index is 0.0924. The number of ketones is 1. The number of fused-ring (bicyclic) bond motifs is 2. The molecule has 0 aliphatic heterocycles. The van der Waals surface area contributed by atoms with Crippen molar-refractivity contribution in [3.8, 4) is 11.5 Å². The van der Waals surface area contributed by atoms with Gasteiger partial charge in [-0.15, -0.1) is 0 Å². The quantitative estimate of drug-likeness (QED) is 0.803. The summed E-state index contributed by atoms with van der Waals surface area (Å²) in [5.41, 5.74) is 3.67. The van der Waals surface area contributed by atoms with Crippen molar-refractivity contribution in [2.75, 3.05) is 14.2 Å². The molecule has 0 saturated carbocycles. The van der Waals surface area contributed by atoms with Crippen LogP contribution in [0.15, 0.2) is 48.0 Å². The van der Waals surface area contributed by atoms with Gasteiger partial charge in [-0.05, 0) is 66.5 Å². The first-order chi connectivity index (χ1) is 12.6. The number of benzene rings is 2. The smallest absolute Gasteiger partial charge is 0.189 e. The van der Waals surface area contributed by atoms with Crippen LogP contribution >= 0.6 is 0 Å². The van der Waals surface area contributed by atoms with Gasteiger partial charge in [0.25, 0.3) is 0 Å². The number of methoxy groups -OCH3 is 2. The number of ether oxygens (including phenoxy) is 2. The van der Waals surface area contributed by atoms with Crippen LogP contribution in [-0.4, -0.2) is 20.0 Å². The van der Waals surface area contributed by atoms with E-state index in [0.29, 0.717) is 23.0 Å². The minimum Gasteiger partial charge on any atom is -0.493 e. The van der Waals surface area contributed by atoms with Crippen molar-refractivity contribution >= 4 is 5.78 Å². The third-order valence-corrected chi connectivity index (χ3v) is 5.58. The predicted molar refractivity (Wildman–Crippen MR) is 97.5 cm³/mol. The molecule has 0 aromatic heterocycles. The second-order valence-electron chi connectivity index (χ2n) is 6.94. The van der Waals surface area contributed by atoms with Gasteiger partial charge in [0.05, 0.1) is 14.2 Å². The van der Waals surface area contributed by atoms with E-state index in [4.69, 9.17) is 9.47 Å². The lowest BCUT2D eigenvalue weighted by Crippen LogP contribution is -2.28. The SMILES string of the molecule is COc1ccc2c(c1OC)C[C@@H]1CC(c3ccc(F)cc3)CC=C1C2=O. The molecule has 4 rings (SSSR count). The number of rotatable bonds is 3. The molecule has 2 aliphatic rings. The Bertz CT molecular complexity index is 883. The second-order valence-corrected chi connectivity index (χ2v) is 6.94. The van der Waals surface area contributed by atoms with Crippen LogP contribution in [0.2, 0.25) is 0 Å². The fourth-order valence-electron chi connectivity index (χ4n) is 4.29. The zero-order valence-electron chi connectivity index (χ0n) is 14.9. The average Bonchev–Trinajstić information content (AvgIpc) is 2.67. The average molecular weight is 352 g/mol. The van der Waals surface area contributed by atoms with Crippen LogP contribution in [0.4, 0.5) is 4.39 Å². The lowest BCUT2D eigenvalue weighted by molar-refractivity contribution is 0.100. The van der Waals surface area contributed by atoms with E-state index in [1.807, 2.05) is 18.2 Å². The normalized spacial score (nSPS) is 21.5. The Labute approximate surface area is 152 Å². The van der Waals surface area contributed by atoms with Crippen molar-refractivity contribution in [1.29, 1.82) is 0 Å². The fraction of sp³-hybridized carbons (Fsp3) is 0.318. The summed E-state index contributed by atoms with van der Waals surface area (Å²) < 4.78 is 24.1. The molecule has 0 radical (unpaired) electrons. The maximum absolute atomic E-state index is 13.2. The van der Waals surface area contributed by atoms with Crippen LogP contribution in [0, 0.1) is 11.7 Å². The van der Waals surface area contributed by atoms with Gasteiger partial charge >= 0.3 is 0 Å². The summed E-state index contributed by atoms with van der Waals surface area (Å²) in [4.78, 5) is 13.0. The Kier molecular flexibility index (Phi) is 4.27. The number of hydrogen-bond acceptors (Lipinski definition) is 3. The number of hydrogen-bond donors (Lipinski definition) is 0. The maximum atomic E-state index is 13.2. The molecule has 1 unspecified atom stereocenters. The van der Waals surface area contributed by atoms with Crippen LogP contribution in [0.5, 0.6) is 11.5 Å². The standard InChI is InChI=1S/C22H21FO3/c1-25-20-10-9-18-19(22(20)26-2)12-15-11-14(5-8-17(15)21(18)24)13-3-6-16(23)7-4-13/h3-4,6-10,14-15H,5,11-12H2,1-2H3/t14?,15-/m0/s1. The maximum Gasteiger partial charge on any atom is 0.189 e. The lowest BCUT2D eigenvalue weighted by Gasteiger charge is -2.34. The molecule has 2 aromatic carbocycles. The van der Waals surface area contributed by atoms with Crippen LogP contribution in [0.3, 0.4) is 0 Å². The molecule has 134 valence electrons. The predicted octanol–water partition coefficient (Wildman–Crippen LogP) is 4.70. The Morgan fingerprint density at radius 2 is 1.77 bits per heavy atom. The highest BCUT2D eigenvalue weighted by Gasteiger charge is 2.36. The Balaban J connectivity index is 1.69. The van der Waals surface area contributed by atoms with Gasteiger partial charge in [-0.1, -0.05) is 18.2 Å². The summed E-state index contributed by atoms with van der Waals surface area (Å²) in [6.07, 6.45) is 4.52. The minimum atomic E-state index is -0.223. The number of carbonyl (C=O) groups excluding carboxylic acids is 1. The van der Waals surface area contributed by atoms with Crippen molar-refractivity contribution in [2.24, 2.45) is 5.92 Å². The van der Waals surface area contributed by atoms with Crippen molar-refractivity contribution in [3.05, 3.63) is 70.6 Å². The van der Waals surface area contributed by atoms with Gasteiger partial charge in [0.2, 0.25) is 0 Å². The molecule has 2 atom stereocenters. The Morgan fingerprint density at radius 3 is 2.46 bits per heavy atom. The molecule has 2 aliphatic carbocycles. The van der Waals surface area contributed by atoms with E-state index >= 15 is 0 Å². The van der Waals surface area contributed by atoms with Crippen LogP contribution < -0.4 is 9.47 Å². The van der Waals surface area contributed by atoms with Crippen LogP contribution in [-0.2, 0) is 6.42 Å². The van der Waals surface area contributed by atoms with Gasteiger partial charge in [0, 0.05) is 11.1 Å². The van der Waals surface area contributed by atoms with E-state index < -0.39 is 0 Å². The summed E-state index contributed by atoms with van der Waals surface area (Å²) in [5, 5.41) is 0. The zero-order chi connectivity index (χ0) is 18.3. The van der Waals surface area contributed by atoms with E-state index in [-0.39, 0.29) is 17.5 Å². The number of Topliss-reactive ketones (excluding diaryl/α,β-unsaturated/α-hetero) is 1. The van der Waals surface area contributed by atoms with Crippen LogP contribution in [0.1, 0.15) is 40.2 Å². The molecule has 0 N–H and O–H groups in total. The number of halogens is 1. The summed E-state index contributed by atoms with van der Waals surface area (Å²) in [6, 6.07) is 10.3. The first-order valence-electron chi connectivity index (χ1n) is 8.86. The highest BCUT2D eigenvalue weighted by molar-refractivity contribution is 6.11. The molecular formula is C22H21FO3. The third-order valence-electron chi connectivity index (χ3n) is 5.58. The number of allylic oxidation sites excluding steroid dienone is 2. The van der Waals surface area contributed by atoms with Gasteiger partial charge in [-0.3, -0.25) is 4.79 Å². The topological polar surface area (TPSA) is 35.5 Å². The first kappa shape index (κ1) is 16.8. The van der Waals surface area contributed by atoms with E-state index in [1.165, 1.54) is 12.1 Å². The highest BCUT2D eigenvalue weighted by atomic mass is 19.1. The Hall–Kier alpha value is -2.62. The molecule has 0 fully saturated rings. The van der Waals surface area contributed by atoms with E-state index in [2.05, 4.69) is 6.08 Å². The molecule has 3 nitrogen and oxygen atoms in total. The summed E-state index contributed by atoms with van der Waals surface area (Å²) in [7, 11) is 3.21. The molecule has 0 heterocycles. The van der Waals surface area contributed by atoms with Crippen molar-refractivity contribution in [3.63, 3.8) is 0 Å². The lowest BCUT2D eigenvalue weighted by atomic mass is 9.69. The van der Waals surface area contributed by atoms with Crippen molar-refractivity contribution < 1.29 is 18.7 Å². The monoisotopic (exact) mass is 352 g/mol. The third kappa shape index (κ3) is 2.70. The molecule has 2 aromatic rings. The van der Waals surface area contributed by atoms with Crippen molar-refractivity contribution in [1.82, 2.24) is 0 Å². The van der Waals surface area contributed by atoms with Gasteiger partial charge in [0.15, 0.2) is 17.3 Å². The summed E-state index contributed by atoms with van der Waals surface area (Å²) in [6.45, 7) is 0. The van der Waals surface area contributed by atoms with Crippen LogP contribution in [0.25, 0.3) is 0 Å². The van der Waals surface area contributed by atoms with Gasteiger partial charge in [0.1, 0.15) is 5.82 Å². The Morgan fingerprint density at radius 1 is 1.00 bits per heavy atom. The molecule has 4 heteroatoms. The van der Waals surface area contributed by atoms with Gasteiger partial charge in [-0.2, -0.15) is 0 Å². The van der Waals surface area contributed by atoms with Gasteiger partial charge < -0.3 is 9.47 Å². The number of carbonyl (C=O) groups is 1.